The number of carbonyl (C=O) groups is 1. The maximum absolute atomic E-state index is 10.6. The van der Waals surface area contributed by atoms with Gasteiger partial charge in [0.25, 0.3) is 0 Å². The van der Waals surface area contributed by atoms with Gasteiger partial charge in [-0.1, -0.05) is 42.5 Å². The fraction of sp³-hybridized carbons (Fsp3) is 0.0833. The van der Waals surface area contributed by atoms with Crippen molar-refractivity contribution in [1.82, 2.24) is 0 Å². The molecule has 0 aromatic heterocycles. The van der Waals surface area contributed by atoms with Gasteiger partial charge in [0.2, 0.25) is 0 Å². The SMILES string of the molecule is O=C(O)Cc1cccc2ccccc12.[KH]. The Balaban J connectivity index is 0.00000112. The van der Waals surface area contributed by atoms with Crippen LogP contribution in [0.1, 0.15) is 5.56 Å². The molecule has 0 radical (unpaired) electrons. The summed E-state index contributed by atoms with van der Waals surface area (Å²) >= 11 is 0. The van der Waals surface area contributed by atoms with Gasteiger partial charge in [-0.15, -0.1) is 0 Å². The first kappa shape index (κ1) is 12.9. The van der Waals surface area contributed by atoms with Crippen molar-refractivity contribution in [2.75, 3.05) is 0 Å². The molecular formula is C12H11KO2. The third-order valence-electron chi connectivity index (χ3n) is 2.22. The Morgan fingerprint density at radius 1 is 1.07 bits per heavy atom. The zero-order valence-electron chi connectivity index (χ0n) is 7.60. The summed E-state index contributed by atoms with van der Waals surface area (Å²) in [5.74, 6) is -0.790. The molecule has 0 aliphatic carbocycles. The van der Waals surface area contributed by atoms with Crippen molar-refractivity contribution in [1.29, 1.82) is 0 Å². The van der Waals surface area contributed by atoms with Crippen LogP contribution in [0.4, 0.5) is 0 Å². The van der Waals surface area contributed by atoms with Crippen LogP contribution in [0.25, 0.3) is 10.8 Å². The Labute approximate surface area is 131 Å². The predicted molar refractivity (Wildman–Crippen MR) is 62.4 cm³/mol. The Morgan fingerprint density at radius 2 is 1.73 bits per heavy atom. The second-order valence-electron chi connectivity index (χ2n) is 3.21. The summed E-state index contributed by atoms with van der Waals surface area (Å²) in [6.45, 7) is 0. The summed E-state index contributed by atoms with van der Waals surface area (Å²) in [6, 6.07) is 13.5. The normalized spacial score (nSPS) is 9.60. The second kappa shape index (κ2) is 5.77. The molecule has 0 atom stereocenters. The van der Waals surface area contributed by atoms with Crippen molar-refractivity contribution in [3.8, 4) is 0 Å². The van der Waals surface area contributed by atoms with E-state index in [2.05, 4.69) is 0 Å². The quantitative estimate of drug-likeness (QED) is 0.793. The number of rotatable bonds is 2. The van der Waals surface area contributed by atoms with Crippen LogP contribution in [0.5, 0.6) is 0 Å². The first-order chi connectivity index (χ1) is 6.77. The molecule has 0 bridgehead atoms. The molecule has 72 valence electrons. The van der Waals surface area contributed by atoms with Gasteiger partial charge in [0.15, 0.2) is 0 Å². The summed E-state index contributed by atoms with van der Waals surface area (Å²) in [6.07, 6.45) is 0.0847. The van der Waals surface area contributed by atoms with Crippen LogP contribution in [0.2, 0.25) is 0 Å². The number of hydrogen-bond donors (Lipinski definition) is 1. The zero-order valence-corrected chi connectivity index (χ0v) is 7.60. The Hall–Kier alpha value is -0.194. The molecule has 0 saturated heterocycles. The van der Waals surface area contributed by atoms with Crippen LogP contribution in [-0.4, -0.2) is 62.5 Å². The molecule has 0 unspecified atom stereocenters. The Bertz CT molecular complexity index is 475. The molecule has 3 heteroatoms. The van der Waals surface area contributed by atoms with Crippen molar-refractivity contribution < 1.29 is 9.90 Å². The molecule has 2 rings (SSSR count). The molecule has 0 spiro atoms. The van der Waals surface area contributed by atoms with Gasteiger partial charge in [-0.2, -0.15) is 0 Å². The summed E-state index contributed by atoms with van der Waals surface area (Å²) in [5, 5.41) is 10.8. The summed E-state index contributed by atoms with van der Waals surface area (Å²) < 4.78 is 0. The number of fused-ring (bicyclic) bond motifs is 1. The third kappa shape index (κ3) is 3.13. The van der Waals surface area contributed by atoms with Gasteiger partial charge in [-0.25, -0.2) is 0 Å². The maximum atomic E-state index is 10.6. The van der Waals surface area contributed by atoms with Crippen molar-refractivity contribution in [3.63, 3.8) is 0 Å². The van der Waals surface area contributed by atoms with E-state index < -0.39 is 5.97 Å². The van der Waals surface area contributed by atoms with Crippen molar-refractivity contribution in [2.45, 2.75) is 6.42 Å². The zero-order chi connectivity index (χ0) is 9.97. The second-order valence-corrected chi connectivity index (χ2v) is 3.21. The van der Waals surface area contributed by atoms with E-state index in [9.17, 15) is 4.79 Å². The summed E-state index contributed by atoms with van der Waals surface area (Å²) in [4.78, 5) is 10.6. The molecule has 2 aromatic rings. The summed E-state index contributed by atoms with van der Waals surface area (Å²) in [7, 11) is 0. The van der Waals surface area contributed by atoms with Crippen LogP contribution >= 0.6 is 0 Å². The van der Waals surface area contributed by atoms with E-state index in [4.69, 9.17) is 5.11 Å². The molecule has 0 saturated carbocycles. The molecule has 0 aliphatic heterocycles. The van der Waals surface area contributed by atoms with Crippen LogP contribution in [-0.2, 0) is 11.2 Å². The number of benzene rings is 2. The van der Waals surface area contributed by atoms with Gasteiger partial charge in [0.1, 0.15) is 0 Å². The van der Waals surface area contributed by atoms with Crippen LogP contribution < -0.4 is 0 Å². The minimum atomic E-state index is -0.790. The van der Waals surface area contributed by atoms with Gasteiger partial charge in [0, 0.05) is 0 Å². The average molecular weight is 226 g/mol. The monoisotopic (exact) mass is 226 g/mol. The van der Waals surface area contributed by atoms with E-state index in [1.807, 2.05) is 42.5 Å². The predicted octanol–water partition coefficient (Wildman–Crippen LogP) is 1.82. The van der Waals surface area contributed by atoms with Crippen LogP contribution in [0.3, 0.4) is 0 Å². The molecule has 0 amide bonds. The van der Waals surface area contributed by atoms with Crippen molar-refractivity contribution in [2.24, 2.45) is 0 Å². The Morgan fingerprint density at radius 3 is 2.47 bits per heavy atom. The van der Waals surface area contributed by atoms with E-state index in [1.165, 1.54) is 0 Å². The molecular weight excluding hydrogens is 215 g/mol. The van der Waals surface area contributed by atoms with Crippen LogP contribution in [0.15, 0.2) is 42.5 Å². The molecule has 0 aliphatic rings. The van der Waals surface area contributed by atoms with Gasteiger partial charge >= 0.3 is 57.4 Å². The fourth-order valence-corrected chi connectivity index (χ4v) is 1.61. The van der Waals surface area contributed by atoms with Gasteiger partial charge in [-0.3, -0.25) is 4.79 Å². The average Bonchev–Trinajstić information content (AvgIpc) is 2.18. The standard InChI is InChI=1S/C12H10O2.K.H/c13-12(14)8-10-6-3-5-9-4-1-2-7-11(9)10;;/h1-7H,8H2,(H,13,14);;. The number of carboxylic acids is 1. The molecule has 0 heterocycles. The van der Waals surface area contributed by atoms with E-state index in [0.717, 1.165) is 16.3 Å². The number of aliphatic carboxylic acids is 1. The molecule has 2 aromatic carbocycles. The molecule has 0 fully saturated rings. The molecule has 15 heavy (non-hydrogen) atoms. The third-order valence-corrected chi connectivity index (χ3v) is 2.22. The van der Waals surface area contributed by atoms with E-state index in [-0.39, 0.29) is 57.8 Å². The van der Waals surface area contributed by atoms with Gasteiger partial charge in [-0.05, 0) is 16.3 Å². The van der Waals surface area contributed by atoms with Gasteiger partial charge in [0.05, 0.1) is 6.42 Å². The van der Waals surface area contributed by atoms with Crippen molar-refractivity contribution >= 4 is 68.1 Å². The minimum absolute atomic E-state index is 0. The van der Waals surface area contributed by atoms with Crippen LogP contribution in [0, 0.1) is 0 Å². The first-order valence-electron chi connectivity index (χ1n) is 4.46. The fourth-order valence-electron chi connectivity index (χ4n) is 1.61. The van der Waals surface area contributed by atoms with E-state index >= 15 is 0 Å². The summed E-state index contributed by atoms with van der Waals surface area (Å²) in [5.41, 5.74) is 0.871. The number of hydrogen-bond acceptors (Lipinski definition) is 1. The van der Waals surface area contributed by atoms with Gasteiger partial charge < -0.3 is 5.11 Å². The molecule has 1 N–H and O–H groups in total. The van der Waals surface area contributed by atoms with E-state index in [1.54, 1.807) is 0 Å². The Kier molecular flexibility index (Phi) is 4.95. The van der Waals surface area contributed by atoms with E-state index in [0.29, 0.717) is 0 Å². The first-order valence-corrected chi connectivity index (χ1v) is 4.46. The molecule has 2 nitrogen and oxygen atoms in total. The topological polar surface area (TPSA) is 37.3 Å². The van der Waals surface area contributed by atoms with Crippen molar-refractivity contribution in [3.05, 3.63) is 48.0 Å². The number of carboxylic acid groups (broad SMARTS) is 1.